The molecule has 2 aromatic rings. The number of rotatable bonds is 2. The van der Waals surface area contributed by atoms with Gasteiger partial charge in [-0.05, 0) is 24.6 Å². The molecule has 2 heterocycles. The van der Waals surface area contributed by atoms with Crippen molar-refractivity contribution in [3.63, 3.8) is 0 Å². The molecule has 1 aromatic heterocycles. The maximum absolute atomic E-state index is 12.2. The lowest BCUT2D eigenvalue weighted by atomic mass is 10.3. The van der Waals surface area contributed by atoms with Gasteiger partial charge in [-0.25, -0.2) is 0 Å². The Morgan fingerprint density at radius 2 is 2.05 bits per heavy atom. The molecule has 0 atom stereocenters. The summed E-state index contributed by atoms with van der Waals surface area (Å²) in [6.07, 6.45) is 0.834. The molecule has 1 aromatic carbocycles. The molecule has 0 unspecified atom stereocenters. The number of thiazole rings is 1. The van der Waals surface area contributed by atoms with Crippen molar-refractivity contribution in [2.75, 3.05) is 11.9 Å². The molecule has 0 spiro atoms. The normalized spacial score (nSPS) is 15.1. The van der Waals surface area contributed by atoms with Gasteiger partial charge in [-0.3, -0.25) is 14.4 Å². The fraction of sp³-hybridized carbons (Fsp3) is 0.231. The third-order valence-corrected chi connectivity index (χ3v) is 4.53. The minimum absolute atomic E-state index is 0.222. The topological polar surface area (TPSA) is 66.6 Å². The average molecular weight is 344 g/mol. The highest BCUT2D eigenvalue weighted by atomic mass is 35.5. The van der Waals surface area contributed by atoms with E-state index in [2.05, 4.69) is 10.3 Å². The molecule has 2 N–H and O–H groups in total. The first-order chi connectivity index (χ1) is 10.0. The minimum atomic E-state index is -0.239. The number of halogens is 2. The van der Waals surface area contributed by atoms with Crippen molar-refractivity contribution in [1.29, 1.82) is 0 Å². The Hall–Kier alpha value is -1.50. The number of nitrogens with zero attached hydrogens (tertiary/aromatic N) is 2. The Morgan fingerprint density at radius 3 is 2.71 bits per heavy atom. The average Bonchev–Trinajstić information content (AvgIpc) is 2.76. The van der Waals surface area contributed by atoms with Crippen LogP contribution in [0.25, 0.3) is 5.88 Å². The van der Waals surface area contributed by atoms with Gasteiger partial charge in [0.2, 0.25) is 5.88 Å². The van der Waals surface area contributed by atoms with Crippen LogP contribution in [-0.4, -0.2) is 16.2 Å². The lowest BCUT2D eigenvalue weighted by Crippen LogP contribution is -2.35. The van der Waals surface area contributed by atoms with Crippen molar-refractivity contribution in [3.8, 4) is 0 Å². The summed E-state index contributed by atoms with van der Waals surface area (Å²) in [5, 5.41) is 13.8. The van der Waals surface area contributed by atoms with Crippen LogP contribution >= 0.6 is 34.5 Å². The van der Waals surface area contributed by atoms with E-state index in [9.17, 15) is 9.90 Å². The zero-order chi connectivity index (χ0) is 15.0. The molecule has 0 saturated heterocycles. The fourth-order valence-electron chi connectivity index (χ4n) is 2.09. The number of anilines is 1. The maximum atomic E-state index is 12.2. The van der Waals surface area contributed by atoms with Crippen LogP contribution in [0, 0.1) is 0 Å². The van der Waals surface area contributed by atoms with Gasteiger partial charge in [0.05, 0.1) is 0 Å². The summed E-state index contributed by atoms with van der Waals surface area (Å²) in [7, 11) is 0. The van der Waals surface area contributed by atoms with E-state index >= 15 is 0 Å². The number of fused-ring (bicyclic) bond motifs is 1. The van der Waals surface area contributed by atoms with Crippen LogP contribution in [0.15, 0.2) is 28.0 Å². The Morgan fingerprint density at radius 1 is 1.33 bits per heavy atom. The summed E-state index contributed by atoms with van der Waals surface area (Å²) in [6.45, 7) is 1.34. The van der Waals surface area contributed by atoms with E-state index in [0.29, 0.717) is 33.6 Å². The van der Waals surface area contributed by atoms with Gasteiger partial charge in [0.1, 0.15) is 0 Å². The second-order valence-electron chi connectivity index (χ2n) is 4.54. The smallest absolute Gasteiger partial charge is 0.275 e. The van der Waals surface area contributed by atoms with Crippen LogP contribution in [-0.2, 0) is 6.54 Å². The Kier molecular flexibility index (Phi) is 3.93. The van der Waals surface area contributed by atoms with Crippen LogP contribution in [0.1, 0.15) is 6.42 Å². The lowest BCUT2D eigenvalue weighted by Gasteiger charge is -2.05. The monoisotopic (exact) mass is 343 g/mol. The molecule has 1 aliphatic heterocycles. The number of nitrogens with one attached hydrogen (secondary N) is 1. The number of aromatic nitrogens is 1. The molecule has 0 bridgehead atoms. The molecule has 21 heavy (non-hydrogen) atoms. The third kappa shape index (κ3) is 2.92. The number of aliphatic hydroxyl groups excluding tert-OH is 1. The lowest BCUT2D eigenvalue weighted by molar-refractivity contribution is 0.501. The molecule has 3 rings (SSSR count). The van der Waals surface area contributed by atoms with Gasteiger partial charge in [0, 0.05) is 28.8 Å². The third-order valence-electron chi connectivity index (χ3n) is 2.99. The van der Waals surface area contributed by atoms with E-state index in [1.807, 2.05) is 0 Å². The maximum Gasteiger partial charge on any atom is 0.275 e. The van der Waals surface area contributed by atoms with E-state index in [4.69, 9.17) is 23.2 Å². The Bertz CT molecular complexity index is 852. The van der Waals surface area contributed by atoms with Crippen LogP contribution < -0.4 is 20.2 Å². The molecule has 0 radical (unpaired) electrons. The fourth-order valence-corrected chi connectivity index (χ4v) is 3.58. The Labute approximate surface area is 133 Å². The van der Waals surface area contributed by atoms with E-state index in [-0.39, 0.29) is 16.0 Å². The van der Waals surface area contributed by atoms with E-state index < -0.39 is 0 Å². The van der Waals surface area contributed by atoms with Crippen molar-refractivity contribution in [2.24, 2.45) is 4.99 Å². The highest BCUT2D eigenvalue weighted by molar-refractivity contribution is 7.07. The molecular formula is C13H11Cl2N3O2S. The van der Waals surface area contributed by atoms with Gasteiger partial charge in [-0.15, -0.1) is 0 Å². The number of hydrogen-bond donors (Lipinski definition) is 2. The SMILES string of the molecule is O=c1/c(=C(\O)Nc2cc(Cl)cc(Cl)c2)sc2n1CCCN=2. The number of hydrogen-bond acceptors (Lipinski definition) is 5. The molecule has 0 fully saturated rings. The predicted molar refractivity (Wildman–Crippen MR) is 85.0 cm³/mol. The Balaban J connectivity index is 2.07. The largest absolute Gasteiger partial charge is 0.493 e. The van der Waals surface area contributed by atoms with Gasteiger partial charge in [-0.2, -0.15) is 0 Å². The van der Waals surface area contributed by atoms with E-state index in [1.165, 1.54) is 11.3 Å². The summed E-state index contributed by atoms with van der Waals surface area (Å²) in [4.78, 5) is 17.1. The quantitative estimate of drug-likeness (QED) is 0.876. The zero-order valence-electron chi connectivity index (χ0n) is 10.8. The molecule has 8 heteroatoms. The molecule has 110 valence electrons. The van der Waals surface area contributed by atoms with Gasteiger partial charge in [0.25, 0.3) is 5.56 Å². The second kappa shape index (κ2) is 5.71. The van der Waals surface area contributed by atoms with Gasteiger partial charge < -0.3 is 10.4 Å². The van der Waals surface area contributed by atoms with Crippen molar-refractivity contribution in [1.82, 2.24) is 4.57 Å². The molecule has 0 amide bonds. The summed E-state index contributed by atoms with van der Waals surface area (Å²) < 4.78 is 1.80. The van der Waals surface area contributed by atoms with Crippen LogP contribution in [0.5, 0.6) is 0 Å². The summed E-state index contributed by atoms with van der Waals surface area (Å²) in [5.41, 5.74) is 0.272. The van der Waals surface area contributed by atoms with Gasteiger partial charge in [0.15, 0.2) is 9.33 Å². The first-order valence-corrected chi connectivity index (χ1v) is 7.82. The molecule has 0 aliphatic carbocycles. The molecular weight excluding hydrogens is 333 g/mol. The summed E-state index contributed by atoms with van der Waals surface area (Å²) in [5.74, 6) is -0.222. The van der Waals surface area contributed by atoms with Crippen molar-refractivity contribution in [2.45, 2.75) is 13.0 Å². The van der Waals surface area contributed by atoms with E-state index in [1.54, 1.807) is 22.8 Å². The molecule has 1 aliphatic rings. The highest BCUT2D eigenvalue weighted by Crippen LogP contribution is 2.23. The number of benzene rings is 1. The predicted octanol–water partition coefficient (Wildman–Crippen LogP) is 1.98. The molecule has 0 saturated carbocycles. The summed E-state index contributed by atoms with van der Waals surface area (Å²) >= 11 is 13.0. The van der Waals surface area contributed by atoms with Gasteiger partial charge >= 0.3 is 0 Å². The van der Waals surface area contributed by atoms with E-state index in [0.717, 1.165) is 6.42 Å². The zero-order valence-corrected chi connectivity index (χ0v) is 13.1. The van der Waals surface area contributed by atoms with Crippen molar-refractivity contribution in [3.05, 3.63) is 47.9 Å². The van der Waals surface area contributed by atoms with Crippen molar-refractivity contribution >= 4 is 46.1 Å². The van der Waals surface area contributed by atoms with Crippen LogP contribution in [0.2, 0.25) is 10.0 Å². The first-order valence-electron chi connectivity index (χ1n) is 6.25. The second-order valence-corrected chi connectivity index (χ2v) is 6.39. The van der Waals surface area contributed by atoms with Gasteiger partial charge in [-0.1, -0.05) is 34.5 Å². The van der Waals surface area contributed by atoms with Crippen LogP contribution in [0.4, 0.5) is 5.69 Å². The van der Waals surface area contributed by atoms with Crippen LogP contribution in [0.3, 0.4) is 0 Å². The first kappa shape index (κ1) is 14.4. The highest BCUT2D eigenvalue weighted by Gasteiger charge is 2.12. The molecule has 5 nitrogen and oxygen atoms in total. The summed E-state index contributed by atoms with van der Waals surface area (Å²) in [6, 6.07) is 4.81. The van der Waals surface area contributed by atoms with Crippen molar-refractivity contribution < 1.29 is 5.11 Å². The minimum Gasteiger partial charge on any atom is -0.493 e. The number of aliphatic hydroxyl groups is 1. The standard InChI is InChI=1S/C13H11Cl2N3O2S/c14-7-4-8(15)6-9(5-7)17-11(19)10-12(20)18-3-1-2-16-13(18)21-10/h4-6,17,19H,1-3H2/b11-10+.